The van der Waals surface area contributed by atoms with Crippen LogP contribution in [0.1, 0.15) is 5.89 Å². The molecule has 0 aliphatic rings. The molecule has 0 saturated carbocycles. The van der Waals surface area contributed by atoms with Gasteiger partial charge in [-0.15, -0.1) is 0 Å². The van der Waals surface area contributed by atoms with Gasteiger partial charge in [-0.3, -0.25) is 0 Å². The molecular formula is C10H6F2N4O. The highest BCUT2D eigenvalue weighted by atomic mass is 19.1. The maximum Gasteiger partial charge on any atom is 0.200 e. The molecule has 0 spiro atoms. The maximum absolute atomic E-state index is 13.4. The van der Waals surface area contributed by atoms with E-state index in [1.165, 1.54) is 12.3 Å². The van der Waals surface area contributed by atoms with Crippen molar-refractivity contribution in [1.29, 1.82) is 0 Å². The molecule has 1 heterocycles. The molecule has 0 aliphatic carbocycles. The Hall–Kier alpha value is -2.40. The smallest absolute Gasteiger partial charge is 0.200 e. The molecule has 0 amide bonds. The zero-order valence-corrected chi connectivity index (χ0v) is 8.47. The summed E-state index contributed by atoms with van der Waals surface area (Å²) in [4.78, 5) is 6.35. The molecule has 0 unspecified atom stereocenters. The second-order valence-corrected chi connectivity index (χ2v) is 3.13. The molecule has 17 heavy (non-hydrogen) atoms. The van der Waals surface area contributed by atoms with Gasteiger partial charge in [-0.1, -0.05) is 5.11 Å². The highest BCUT2D eigenvalue weighted by molar-refractivity contribution is 5.57. The van der Waals surface area contributed by atoms with Crippen LogP contribution in [0, 0.1) is 11.6 Å². The molecule has 0 bridgehead atoms. The third-order valence-electron chi connectivity index (χ3n) is 2.02. The summed E-state index contributed by atoms with van der Waals surface area (Å²) in [6, 6.07) is 3.13. The first-order valence-corrected chi connectivity index (χ1v) is 4.61. The fourth-order valence-electron chi connectivity index (χ4n) is 1.29. The van der Waals surface area contributed by atoms with Gasteiger partial charge < -0.3 is 4.42 Å². The summed E-state index contributed by atoms with van der Waals surface area (Å²) in [5.41, 5.74) is 8.22. The summed E-state index contributed by atoms with van der Waals surface area (Å²) < 4.78 is 31.2. The summed E-state index contributed by atoms with van der Waals surface area (Å²) >= 11 is 0. The Bertz CT molecular complexity index is 590. The zero-order chi connectivity index (χ0) is 12.3. The first kappa shape index (κ1) is 11.1. The molecule has 7 heteroatoms. The van der Waals surface area contributed by atoms with Crippen LogP contribution in [0.3, 0.4) is 0 Å². The topological polar surface area (TPSA) is 74.8 Å². The average Bonchev–Trinajstić information content (AvgIpc) is 2.75. The molecule has 0 saturated heterocycles. The highest BCUT2D eigenvalue weighted by Crippen LogP contribution is 2.24. The number of oxazole rings is 1. The third-order valence-corrected chi connectivity index (χ3v) is 2.02. The lowest BCUT2D eigenvalue weighted by Crippen LogP contribution is -1.84. The highest BCUT2D eigenvalue weighted by Gasteiger charge is 2.11. The molecule has 5 nitrogen and oxygen atoms in total. The molecule has 1 aromatic carbocycles. The van der Waals surface area contributed by atoms with Crippen molar-refractivity contribution in [1.82, 2.24) is 4.98 Å². The van der Waals surface area contributed by atoms with E-state index in [4.69, 9.17) is 9.95 Å². The lowest BCUT2D eigenvalue weighted by atomic mass is 10.2. The molecule has 0 N–H and O–H groups in total. The second kappa shape index (κ2) is 4.63. The number of hydrogen-bond acceptors (Lipinski definition) is 3. The van der Waals surface area contributed by atoms with E-state index >= 15 is 0 Å². The van der Waals surface area contributed by atoms with Gasteiger partial charge in [-0.05, 0) is 17.7 Å². The summed E-state index contributed by atoms with van der Waals surface area (Å²) in [5, 5.41) is 3.26. The Morgan fingerprint density at radius 2 is 2.24 bits per heavy atom. The summed E-state index contributed by atoms with van der Waals surface area (Å²) in [5.74, 6) is -1.08. The lowest BCUT2D eigenvalue weighted by molar-refractivity contribution is 0.504. The molecule has 86 valence electrons. The normalized spacial score (nSPS) is 10.0. The van der Waals surface area contributed by atoms with Crippen LogP contribution in [-0.2, 0) is 6.54 Å². The van der Waals surface area contributed by atoms with Gasteiger partial charge in [-0.25, -0.2) is 13.8 Å². The Balaban J connectivity index is 2.33. The molecule has 0 fully saturated rings. The number of nitrogens with zero attached hydrogens (tertiary/aromatic N) is 4. The van der Waals surface area contributed by atoms with Crippen LogP contribution < -0.4 is 0 Å². The Morgan fingerprint density at radius 3 is 2.94 bits per heavy atom. The van der Waals surface area contributed by atoms with E-state index in [1.54, 1.807) is 0 Å². The number of halogens is 2. The third kappa shape index (κ3) is 2.40. The van der Waals surface area contributed by atoms with Gasteiger partial charge >= 0.3 is 0 Å². The number of aromatic nitrogens is 1. The van der Waals surface area contributed by atoms with Crippen molar-refractivity contribution in [3.05, 3.63) is 52.4 Å². The van der Waals surface area contributed by atoms with E-state index in [0.29, 0.717) is 0 Å². The first-order chi connectivity index (χ1) is 8.20. The van der Waals surface area contributed by atoms with Crippen LogP contribution in [0.2, 0.25) is 0 Å². The standard InChI is InChI=1S/C10H6F2N4O/c11-6-1-2-7(8(12)3-6)9-4-14-10(17-9)5-15-16-13/h1-4H,5H2. The van der Waals surface area contributed by atoms with E-state index < -0.39 is 11.6 Å². The van der Waals surface area contributed by atoms with Crippen LogP contribution in [0.15, 0.2) is 33.9 Å². The predicted molar refractivity (Wildman–Crippen MR) is 54.7 cm³/mol. The molecule has 0 radical (unpaired) electrons. The van der Waals surface area contributed by atoms with Crippen molar-refractivity contribution in [3.63, 3.8) is 0 Å². The van der Waals surface area contributed by atoms with Gasteiger partial charge in [0.05, 0.1) is 11.8 Å². The quantitative estimate of drug-likeness (QED) is 0.465. The first-order valence-electron chi connectivity index (χ1n) is 4.61. The number of azide groups is 1. The van der Waals surface area contributed by atoms with Gasteiger partial charge in [0.15, 0.2) is 5.76 Å². The van der Waals surface area contributed by atoms with Crippen LogP contribution in [-0.4, -0.2) is 4.98 Å². The monoisotopic (exact) mass is 236 g/mol. The Kier molecular flexibility index (Phi) is 3.02. The minimum absolute atomic E-state index is 0.0562. The Labute approximate surface area is 94.3 Å². The van der Waals surface area contributed by atoms with Crippen molar-refractivity contribution in [3.8, 4) is 11.3 Å². The summed E-state index contributed by atoms with van der Waals surface area (Å²) in [6.07, 6.45) is 1.29. The molecule has 0 aliphatic heterocycles. The van der Waals surface area contributed by atoms with Crippen molar-refractivity contribution in [2.24, 2.45) is 5.11 Å². The lowest BCUT2D eigenvalue weighted by Gasteiger charge is -1.98. The van der Waals surface area contributed by atoms with Crippen LogP contribution in [0.25, 0.3) is 21.8 Å². The van der Waals surface area contributed by atoms with Gasteiger partial charge in [0, 0.05) is 11.0 Å². The SMILES string of the molecule is [N-]=[N+]=NCc1ncc(-c2ccc(F)cc2F)o1. The van der Waals surface area contributed by atoms with Gasteiger partial charge in [0.1, 0.15) is 18.2 Å². The largest absolute Gasteiger partial charge is 0.440 e. The number of rotatable bonds is 3. The molecule has 2 rings (SSSR count). The number of benzene rings is 1. The van der Waals surface area contributed by atoms with E-state index in [0.717, 1.165) is 12.1 Å². The zero-order valence-electron chi connectivity index (χ0n) is 8.47. The van der Waals surface area contributed by atoms with Crippen molar-refractivity contribution in [2.75, 3.05) is 0 Å². The predicted octanol–water partition coefficient (Wildman–Crippen LogP) is 3.43. The average molecular weight is 236 g/mol. The fraction of sp³-hybridized carbons (Fsp3) is 0.100. The van der Waals surface area contributed by atoms with E-state index in [1.807, 2.05) is 0 Å². The number of hydrogen-bond donors (Lipinski definition) is 0. The summed E-state index contributed by atoms with van der Waals surface area (Å²) in [6.45, 7) is -0.0562. The minimum atomic E-state index is -0.739. The minimum Gasteiger partial charge on any atom is -0.440 e. The van der Waals surface area contributed by atoms with Crippen LogP contribution >= 0.6 is 0 Å². The summed E-state index contributed by atoms with van der Waals surface area (Å²) in [7, 11) is 0. The molecule has 0 atom stereocenters. The van der Waals surface area contributed by atoms with Crippen LogP contribution in [0.4, 0.5) is 8.78 Å². The van der Waals surface area contributed by atoms with E-state index in [9.17, 15) is 8.78 Å². The van der Waals surface area contributed by atoms with E-state index in [-0.39, 0.29) is 23.8 Å². The van der Waals surface area contributed by atoms with Gasteiger partial charge in [-0.2, -0.15) is 0 Å². The maximum atomic E-state index is 13.4. The molecule has 2 aromatic rings. The van der Waals surface area contributed by atoms with Crippen molar-refractivity contribution < 1.29 is 13.2 Å². The van der Waals surface area contributed by atoms with Crippen molar-refractivity contribution >= 4 is 0 Å². The molecule has 1 aromatic heterocycles. The Morgan fingerprint density at radius 1 is 1.41 bits per heavy atom. The van der Waals surface area contributed by atoms with Gasteiger partial charge in [0.25, 0.3) is 0 Å². The fourth-order valence-corrected chi connectivity index (χ4v) is 1.29. The van der Waals surface area contributed by atoms with E-state index in [2.05, 4.69) is 15.0 Å². The molecular weight excluding hydrogens is 230 g/mol. The van der Waals surface area contributed by atoms with Crippen molar-refractivity contribution in [2.45, 2.75) is 6.54 Å². The van der Waals surface area contributed by atoms with Crippen LogP contribution in [0.5, 0.6) is 0 Å². The second-order valence-electron chi connectivity index (χ2n) is 3.13. The van der Waals surface area contributed by atoms with Gasteiger partial charge in [0.2, 0.25) is 5.89 Å².